The van der Waals surface area contributed by atoms with Gasteiger partial charge in [0.15, 0.2) is 23.3 Å². The van der Waals surface area contributed by atoms with Gasteiger partial charge in [0.2, 0.25) is 0 Å². The Morgan fingerprint density at radius 1 is 1.06 bits per heavy atom. The molecule has 0 bridgehead atoms. The monoisotopic (exact) mass is 426 g/mol. The van der Waals surface area contributed by atoms with E-state index in [1.54, 1.807) is 42.1 Å². The number of amides is 1. The molecule has 164 valence electrons. The Labute approximate surface area is 180 Å². The maximum absolute atomic E-state index is 12.8. The molecule has 1 unspecified atom stereocenters. The summed E-state index contributed by atoms with van der Waals surface area (Å²) in [4.78, 5) is 29.9. The molecule has 9 nitrogen and oxygen atoms in total. The minimum absolute atomic E-state index is 0.0851. The molecular weight excluding hydrogens is 400 g/mol. The van der Waals surface area contributed by atoms with E-state index in [9.17, 15) is 9.59 Å². The molecule has 0 aliphatic rings. The first kappa shape index (κ1) is 22.1. The molecule has 1 amide bonds. The van der Waals surface area contributed by atoms with Crippen LogP contribution in [0.2, 0.25) is 0 Å². The maximum atomic E-state index is 12.8. The lowest BCUT2D eigenvalue weighted by molar-refractivity contribution is -0.123. The van der Waals surface area contributed by atoms with Crippen molar-refractivity contribution in [3.8, 4) is 11.5 Å². The summed E-state index contributed by atoms with van der Waals surface area (Å²) < 4.78 is 17.6. The molecule has 3 aromatic rings. The van der Waals surface area contributed by atoms with Gasteiger partial charge in [-0.2, -0.15) is 5.10 Å². The van der Waals surface area contributed by atoms with Gasteiger partial charge in [-0.15, -0.1) is 0 Å². The van der Waals surface area contributed by atoms with Gasteiger partial charge in [0.05, 0.1) is 31.4 Å². The molecule has 0 fully saturated rings. The molecule has 31 heavy (non-hydrogen) atoms. The van der Waals surface area contributed by atoms with E-state index in [4.69, 9.17) is 14.2 Å². The number of methoxy groups -OCH3 is 2. The van der Waals surface area contributed by atoms with Gasteiger partial charge in [-0.05, 0) is 45.9 Å². The van der Waals surface area contributed by atoms with Crippen LogP contribution in [0.1, 0.15) is 42.9 Å². The van der Waals surface area contributed by atoms with Crippen LogP contribution in [0.15, 0.2) is 30.5 Å². The van der Waals surface area contributed by atoms with Crippen LogP contribution in [0.5, 0.6) is 11.5 Å². The Balaban J connectivity index is 1.77. The maximum Gasteiger partial charge on any atom is 0.339 e. The summed E-state index contributed by atoms with van der Waals surface area (Å²) in [6, 6.07) is 6.69. The van der Waals surface area contributed by atoms with Crippen molar-refractivity contribution in [2.45, 2.75) is 39.8 Å². The molecule has 0 saturated carbocycles. The van der Waals surface area contributed by atoms with E-state index in [0.717, 1.165) is 0 Å². The second-order valence-corrected chi connectivity index (χ2v) is 7.34. The smallest absolute Gasteiger partial charge is 0.339 e. The Morgan fingerprint density at radius 3 is 2.42 bits per heavy atom. The minimum atomic E-state index is -1.02. The highest BCUT2D eigenvalue weighted by Crippen LogP contribution is 2.30. The van der Waals surface area contributed by atoms with Gasteiger partial charge in [0.1, 0.15) is 0 Å². The number of pyridine rings is 1. The number of nitrogens with zero attached hydrogens (tertiary/aromatic N) is 3. The fourth-order valence-electron chi connectivity index (χ4n) is 3.13. The first-order chi connectivity index (χ1) is 14.7. The number of rotatable bonds is 7. The average molecular weight is 426 g/mol. The van der Waals surface area contributed by atoms with E-state index in [0.29, 0.717) is 39.5 Å². The topological polar surface area (TPSA) is 105 Å². The van der Waals surface area contributed by atoms with Gasteiger partial charge in [-0.25, -0.2) is 14.5 Å². The third-order valence-electron chi connectivity index (χ3n) is 4.71. The molecule has 0 aliphatic heterocycles. The third-order valence-corrected chi connectivity index (χ3v) is 4.71. The number of hydrogen-bond acceptors (Lipinski definition) is 7. The molecule has 1 atom stereocenters. The van der Waals surface area contributed by atoms with Crippen molar-refractivity contribution in [1.82, 2.24) is 14.8 Å². The quantitative estimate of drug-likeness (QED) is 0.576. The first-order valence-corrected chi connectivity index (χ1v) is 9.83. The summed E-state index contributed by atoms with van der Waals surface area (Å²) in [6.45, 7) is 7.27. The zero-order valence-corrected chi connectivity index (χ0v) is 18.4. The van der Waals surface area contributed by atoms with Crippen LogP contribution >= 0.6 is 0 Å². The number of anilines is 1. The zero-order chi connectivity index (χ0) is 22.7. The Kier molecular flexibility index (Phi) is 6.43. The van der Waals surface area contributed by atoms with Gasteiger partial charge < -0.3 is 19.5 Å². The SMILES string of the molecule is COc1ccc(NC(=O)C(C)OC(=O)c2cc(C)nc3c2cnn3C(C)C)cc1OC. The number of carbonyl (C=O) groups is 2. The van der Waals surface area contributed by atoms with Crippen molar-refractivity contribution in [3.63, 3.8) is 0 Å². The lowest BCUT2D eigenvalue weighted by atomic mass is 10.1. The highest BCUT2D eigenvalue weighted by molar-refractivity contribution is 6.04. The standard InChI is InChI=1S/C22H26N4O5/c1-12(2)26-20-17(11-23-26)16(9-13(3)24-20)22(28)31-14(4)21(27)25-15-7-8-18(29-5)19(10-15)30-6/h7-12,14H,1-6H3,(H,25,27). The number of carbonyl (C=O) groups excluding carboxylic acids is 2. The Bertz CT molecular complexity index is 1120. The summed E-state index contributed by atoms with van der Waals surface area (Å²) in [5.41, 5.74) is 2.07. The van der Waals surface area contributed by atoms with E-state index < -0.39 is 18.0 Å². The summed E-state index contributed by atoms with van der Waals surface area (Å²) in [5.74, 6) is -0.0741. The normalized spacial score (nSPS) is 12.0. The van der Waals surface area contributed by atoms with E-state index in [2.05, 4.69) is 15.4 Å². The fraction of sp³-hybridized carbons (Fsp3) is 0.364. The van der Waals surface area contributed by atoms with Crippen LogP contribution in [-0.2, 0) is 9.53 Å². The predicted molar refractivity (Wildman–Crippen MR) is 116 cm³/mol. The predicted octanol–water partition coefficient (Wildman–Crippen LogP) is 3.52. The van der Waals surface area contributed by atoms with E-state index in [1.807, 2.05) is 13.8 Å². The molecule has 1 N–H and O–H groups in total. The van der Waals surface area contributed by atoms with Crippen LogP contribution in [-0.4, -0.2) is 47.0 Å². The summed E-state index contributed by atoms with van der Waals surface area (Å²) in [6.07, 6.45) is 0.566. The van der Waals surface area contributed by atoms with E-state index in [1.165, 1.54) is 21.1 Å². The van der Waals surface area contributed by atoms with Crippen LogP contribution in [0, 0.1) is 6.92 Å². The van der Waals surface area contributed by atoms with Crippen LogP contribution in [0.4, 0.5) is 5.69 Å². The number of nitrogens with one attached hydrogen (secondary N) is 1. The van der Waals surface area contributed by atoms with Crippen molar-refractivity contribution in [2.75, 3.05) is 19.5 Å². The number of benzene rings is 1. The number of esters is 1. The highest BCUT2D eigenvalue weighted by atomic mass is 16.5. The Hall–Kier alpha value is -3.62. The van der Waals surface area contributed by atoms with Crippen LogP contribution < -0.4 is 14.8 Å². The molecule has 1 aromatic carbocycles. The van der Waals surface area contributed by atoms with Crippen LogP contribution in [0.3, 0.4) is 0 Å². The molecule has 0 aliphatic carbocycles. The Morgan fingerprint density at radius 2 is 1.77 bits per heavy atom. The van der Waals surface area contributed by atoms with Crippen molar-refractivity contribution < 1.29 is 23.8 Å². The van der Waals surface area contributed by atoms with Crippen molar-refractivity contribution >= 4 is 28.6 Å². The molecule has 0 radical (unpaired) electrons. The van der Waals surface area contributed by atoms with Gasteiger partial charge in [0.25, 0.3) is 5.91 Å². The van der Waals surface area contributed by atoms with E-state index >= 15 is 0 Å². The summed E-state index contributed by atoms with van der Waals surface area (Å²) in [5, 5.41) is 7.62. The first-order valence-electron chi connectivity index (χ1n) is 9.83. The van der Waals surface area contributed by atoms with Gasteiger partial charge >= 0.3 is 5.97 Å². The number of ether oxygens (including phenoxy) is 3. The zero-order valence-electron chi connectivity index (χ0n) is 18.4. The van der Waals surface area contributed by atoms with Crippen molar-refractivity contribution in [1.29, 1.82) is 0 Å². The molecule has 3 rings (SSSR count). The van der Waals surface area contributed by atoms with Gasteiger partial charge in [0, 0.05) is 23.5 Å². The second kappa shape index (κ2) is 9.03. The summed E-state index contributed by atoms with van der Waals surface area (Å²) in [7, 11) is 3.03. The second-order valence-electron chi connectivity index (χ2n) is 7.34. The fourth-order valence-corrected chi connectivity index (χ4v) is 3.13. The third kappa shape index (κ3) is 4.60. The number of hydrogen-bond donors (Lipinski definition) is 1. The molecule has 0 saturated heterocycles. The van der Waals surface area contributed by atoms with E-state index in [-0.39, 0.29) is 6.04 Å². The van der Waals surface area contributed by atoms with Crippen molar-refractivity contribution in [3.05, 3.63) is 41.7 Å². The largest absolute Gasteiger partial charge is 0.493 e. The lowest BCUT2D eigenvalue weighted by Gasteiger charge is -2.15. The minimum Gasteiger partial charge on any atom is -0.493 e. The van der Waals surface area contributed by atoms with Crippen molar-refractivity contribution in [2.24, 2.45) is 0 Å². The number of aromatic nitrogens is 3. The summed E-state index contributed by atoms with van der Waals surface area (Å²) >= 11 is 0. The lowest BCUT2D eigenvalue weighted by Crippen LogP contribution is -2.30. The molecule has 2 heterocycles. The molecule has 2 aromatic heterocycles. The van der Waals surface area contributed by atoms with Gasteiger partial charge in [-0.1, -0.05) is 0 Å². The van der Waals surface area contributed by atoms with Crippen LogP contribution in [0.25, 0.3) is 11.0 Å². The number of aryl methyl sites for hydroxylation is 1. The van der Waals surface area contributed by atoms with Gasteiger partial charge in [-0.3, -0.25) is 4.79 Å². The highest BCUT2D eigenvalue weighted by Gasteiger charge is 2.23. The number of fused-ring (bicyclic) bond motifs is 1. The molecule has 9 heteroatoms. The molecular formula is C22H26N4O5. The molecule has 0 spiro atoms. The average Bonchev–Trinajstić information content (AvgIpc) is 3.16.